The van der Waals surface area contributed by atoms with Crippen molar-refractivity contribution in [3.63, 3.8) is 0 Å². The SMILES string of the molecule is COCC(O)C(O)C(O)C(O)OC. The van der Waals surface area contributed by atoms with Crippen LogP contribution in [0.15, 0.2) is 0 Å². The molecule has 4 atom stereocenters. The maximum Gasteiger partial charge on any atom is 0.183 e. The summed E-state index contributed by atoms with van der Waals surface area (Å²) in [5, 5.41) is 36.4. The Labute approximate surface area is 76.3 Å². The Bertz CT molecular complexity index is 130. The minimum Gasteiger partial charge on any atom is -0.388 e. The molecule has 0 saturated heterocycles. The maximum absolute atomic E-state index is 9.20. The summed E-state index contributed by atoms with van der Waals surface area (Å²) in [6, 6.07) is 0. The molecule has 4 unspecified atom stereocenters. The normalized spacial score (nSPS) is 20.8. The lowest BCUT2D eigenvalue weighted by Gasteiger charge is -2.24. The Morgan fingerprint density at radius 2 is 1.54 bits per heavy atom. The van der Waals surface area contributed by atoms with Crippen molar-refractivity contribution in [2.75, 3.05) is 20.8 Å². The van der Waals surface area contributed by atoms with Crippen molar-refractivity contribution in [3.05, 3.63) is 0 Å². The van der Waals surface area contributed by atoms with Crippen LogP contribution in [0.4, 0.5) is 0 Å². The molecule has 0 aliphatic carbocycles. The summed E-state index contributed by atoms with van der Waals surface area (Å²) in [4.78, 5) is 0. The molecule has 0 fully saturated rings. The lowest BCUT2D eigenvalue weighted by Crippen LogP contribution is -2.46. The van der Waals surface area contributed by atoms with Crippen LogP contribution < -0.4 is 0 Å². The van der Waals surface area contributed by atoms with E-state index in [1.807, 2.05) is 0 Å². The van der Waals surface area contributed by atoms with Gasteiger partial charge in [0.05, 0.1) is 6.61 Å². The highest BCUT2D eigenvalue weighted by Crippen LogP contribution is 2.05. The second-order valence-electron chi connectivity index (χ2n) is 2.63. The lowest BCUT2D eigenvalue weighted by molar-refractivity contribution is -0.194. The molecule has 0 aromatic rings. The zero-order chi connectivity index (χ0) is 10.4. The lowest BCUT2D eigenvalue weighted by atomic mass is 10.1. The van der Waals surface area contributed by atoms with Crippen LogP contribution in [0.25, 0.3) is 0 Å². The molecule has 0 spiro atoms. The number of hydrogen-bond acceptors (Lipinski definition) is 6. The van der Waals surface area contributed by atoms with Crippen molar-refractivity contribution < 1.29 is 29.9 Å². The largest absolute Gasteiger partial charge is 0.388 e. The molecule has 0 heterocycles. The van der Waals surface area contributed by atoms with Gasteiger partial charge in [0.1, 0.15) is 18.3 Å². The van der Waals surface area contributed by atoms with E-state index < -0.39 is 24.6 Å². The predicted octanol–water partition coefficient (Wildman–Crippen LogP) is -2.32. The van der Waals surface area contributed by atoms with Gasteiger partial charge in [0.15, 0.2) is 6.29 Å². The van der Waals surface area contributed by atoms with Gasteiger partial charge in [-0.2, -0.15) is 0 Å². The molecule has 6 nitrogen and oxygen atoms in total. The highest BCUT2D eigenvalue weighted by atomic mass is 16.6. The van der Waals surface area contributed by atoms with E-state index in [0.29, 0.717) is 0 Å². The summed E-state index contributed by atoms with van der Waals surface area (Å²) in [7, 11) is 2.51. The minimum atomic E-state index is -1.56. The Morgan fingerprint density at radius 3 is 1.92 bits per heavy atom. The molecule has 0 aromatic carbocycles. The van der Waals surface area contributed by atoms with Crippen molar-refractivity contribution in [2.24, 2.45) is 0 Å². The molecule has 0 rings (SSSR count). The Hall–Kier alpha value is -0.240. The van der Waals surface area contributed by atoms with Crippen LogP contribution in [0.5, 0.6) is 0 Å². The van der Waals surface area contributed by atoms with Gasteiger partial charge in [-0.25, -0.2) is 0 Å². The van der Waals surface area contributed by atoms with Crippen LogP contribution in [0.2, 0.25) is 0 Å². The molecule has 4 N–H and O–H groups in total. The van der Waals surface area contributed by atoms with E-state index in [9.17, 15) is 5.11 Å². The quantitative estimate of drug-likeness (QED) is 0.356. The van der Waals surface area contributed by atoms with Crippen molar-refractivity contribution in [1.29, 1.82) is 0 Å². The number of methoxy groups -OCH3 is 2. The van der Waals surface area contributed by atoms with Gasteiger partial charge in [0.2, 0.25) is 0 Å². The second-order valence-corrected chi connectivity index (χ2v) is 2.63. The first-order chi connectivity index (χ1) is 6.04. The van der Waals surface area contributed by atoms with Crippen LogP contribution in [0.3, 0.4) is 0 Å². The number of aliphatic hydroxyl groups excluding tert-OH is 4. The van der Waals surface area contributed by atoms with Gasteiger partial charge in [0, 0.05) is 14.2 Å². The third-order valence-electron chi connectivity index (χ3n) is 1.62. The fourth-order valence-corrected chi connectivity index (χ4v) is 0.805. The number of aliphatic hydroxyl groups is 4. The van der Waals surface area contributed by atoms with E-state index in [0.717, 1.165) is 0 Å². The molecule has 0 saturated carbocycles. The summed E-state index contributed by atoms with van der Waals surface area (Å²) in [5.74, 6) is 0. The summed E-state index contributed by atoms with van der Waals surface area (Å²) < 4.78 is 8.90. The van der Waals surface area contributed by atoms with E-state index >= 15 is 0 Å². The topological polar surface area (TPSA) is 99.4 Å². The van der Waals surface area contributed by atoms with Gasteiger partial charge >= 0.3 is 0 Å². The Morgan fingerprint density at radius 1 is 1.00 bits per heavy atom. The number of rotatable bonds is 6. The minimum absolute atomic E-state index is 0.130. The predicted molar refractivity (Wildman–Crippen MR) is 42.9 cm³/mol. The number of hydrogen-bond donors (Lipinski definition) is 4. The van der Waals surface area contributed by atoms with Crippen molar-refractivity contribution in [2.45, 2.75) is 24.6 Å². The Kier molecular flexibility index (Phi) is 6.13. The molecule has 0 aliphatic heterocycles. The van der Waals surface area contributed by atoms with Crippen LogP contribution in [-0.2, 0) is 9.47 Å². The van der Waals surface area contributed by atoms with Gasteiger partial charge in [-0.05, 0) is 0 Å². The van der Waals surface area contributed by atoms with Crippen LogP contribution in [0.1, 0.15) is 0 Å². The summed E-state index contributed by atoms with van der Waals surface area (Å²) in [5.41, 5.74) is 0. The van der Waals surface area contributed by atoms with Gasteiger partial charge in [-0.1, -0.05) is 0 Å². The third-order valence-corrected chi connectivity index (χ3v) is 1.62. The van der Waals surface area contributed by atoms with E-state index in [1.165, 1.54) is 14.2 Å². The van der Waals surface area contributed by atoms with Gasteiger partial charge in [0.25, 0.3) is 0 Å². The average Bonchev–Trinajstić information content (AvgIpc) is 2.14. The van der Waals surface area contributed by atoms with E-state index in [-0.39, 0.29) is 6.61 Å². The molecule has 0 aromatic heterocycles. The molecule has 0 bridgehead atoms. The smallest absolute Gasteiger partial charge is 0.183 e. The average molecular weight is 196 g/mol. The monoisotopic (exact) mass is 196 g/mol. The molecule has 0 amide bonds. The maximum atomic E-state index is 9.20. The molecule has 0 aliphatic rings. The van der Waals surface area contributed by atoms with E-state index in [1.54, 1.807) is 0 Å². The van der Waals surface area contributed by atoms with Crippen LogP contribution >= 0.6 is 0 Å². The molecule has 80 valence electrons. The summed E-state index contributed by atoms with van der Waals surface area (Å²) in [6.45, 7) is -0.130. The van der Waals surface area contributed by atoms with Crippen molar-refractivity contribution in [1.82, 2.24) is 0 Å². The van der Waals surface area contributed by atoms with Crippen molar-refractivity contribution >= 4 is 0 Å². The first kappa shape index (κ1) is 12.8. The fourth-order valence-electron chi connectivity index (χ4n) is 0.805. The van der Waals surface area contributed by atoms with Gasteiger partial charge < -0.3 is 29.9 Å². The van der Waals surface area contributed by atoms with Crippen LogP contribution in [-0.4, -0.2) is 65.9 Å². The highest BCUT2D eigenvalue weighted by Gasteiger charge is 2.30. The fraction of sp³-hybridized carbons (Fsp3) is 1.00. The molecule has 13 heavy (non-hydrogen) atoms. The highest BCUT2D eigenvalue weighted by molar-refractivity contribution is 4.76. The first-order valence-electron chi connectivity index (χ1n) is 3.78. The standard InChI is InChI=1S/C7H16O6/c1-12-3-4(8)5(9)6(10)7(11)13-2/h4-11H,3H2,1-2H3. The molecular weight excluding hydrogens is 180 g/mol. The Balaban J connectivity index is 3.99. The first-order valence-corrected chi connectivity index (χ1v) is 3.78. The summed E-state index contributed by atoms with van der Waals surface area (Å²) in [6.07, 6.45) is -5.85. The van der Waals surface area contributed by atoms with E-state index in [2.05, 4.69) is 9.47 Å². The molecule has 6 heteroatoms. The molecular formula is C7H16O6. The summed E-state index contributed by atoms with van der Waals surface area (Å²) >= 11 is 0. The van der Waals surface area contributed by atoms with Crippen molar-refractivity contribution in [3.8, 4) is 0 Å². The molecule has 0 radical (unpaired) electrons. The third kappa shape index (κ3) is 3.99. The van der Waals surface area contributed by atoms with Gasteiger partial charge in [-0.3, -0.25) is 0 Å². The number of ether oxygens (including phenoxy) is 2. The zero-order valence-electron chi connectivity index (χ0n) is 7.62. The zero-order valence-corrected chi connectivity index (χ0v) is 7.62. The van der Waals surface area contributed by atoms with Gasteiger partial charge in [-0.15, -0.1) is 0 Å². The van der Waals surface area contributed by atoms with E-state index in [4.69, 9.17) is 15.3 Å². The second kappa shape index (κ2) is 6.25. The van der Waals surface area contributed by atoms with Crippen LogP contribution in [0, 0.1) is 0 Å².